The lowest BCUT2D eigenvalue weighted by Gasteiger charge is -2.18. The molecule has 0 fully saturated rings. The number of rotatable bonds is 5. The molecule has 0 unspecified atom stereocenters. The molecule has 0 aliphatic rings. The summed E-state index contributed by atoms with van der Waals surface area (Å²) in [6, 6.07) is 14.3. The van der Waals surface area contributed by atoms with Crippen LogP contribution < -0.4 is 16.0 Å². The standard InChI is InChI=1S/C19H22ClN3O2/c1-19(2,3)18(25)23-14-8-6-7-13(11-14)22-17(24)12-21-16-10-5-4-9-15(16)20/h4-11,21H,12H2,1-3H3,(H,22,24)(H,23,25). The van der Waals surface area contributed by atoms with Crippen molar-refractivity contribution in [3.8, 4) is 0 Å². The van der Waals surface area contributed by atoms with Gasteiger partial charge in [-0.2, -0.15) is 0 Å². The Balaban J connectivity index is 1.94. The fourth-order valence-electron chi connectivity index (χ4n) is 1.98. The van der Waals surface area contributed by atoms with Gasteiger partial charge in [-0.15, -0.1) is 0 Å². The molecule has 0 radical (unpaired) electrons. The third-order valence-corrected chi connectivity index (χ3v) is 3.73. The van der Waals surface area contributed by atoms with Crippen LogP contribution in [-0.4, -0.2) is 18.4 Å². The third kappa shape index (κ3) is 5.80. The molecule has 5 nitrogen and oxygen atoms in total. The highest BCUT2D eigenvalue weighted by molar-refractivity contribution is 6.33. The van der Waals surface area contributed by atoms with Gasteiger partial charge in [-0.25, -0.2) is 0 Å². The normalized spacial score (nSPS) is 10.9. The first-order chi connectivity index (χ1) is 11.8. The predicted octanol–water partition coefficient (Wildman–Crippen LogP) is 4.38. The van der Waals surface area contributed by atoms with Crippen molar-refractivity contribution < 1.29 is 9.59 Å². The second kappa shape index (κ2) is 8.03. The summed E-state index contributed by atoms with van der Waals surface area (Å²) in [5.74, 6) is -0.296. The van der Waals surface area contributed by atoms with Crippen LogP contribution in [0.1, 0.15) is 20.8 Å². The van der Waals surface area contributed by atoms with Crippen LogP contribution in [0.25, 0.3) is 0 Å². The van der Waals surface area contributed by atoms with Gasteiger partial charge >= 0.3 is 0 Å². The average Bonchev–Trinajstić information content (AvgIpc) is 2.53. The number of anilines is 3. The highest BCUT2D eigenvalue weighted by atomic mass is 35.5. The van der Waals surface area contributed by atoms with E-state index in [1.165, 1.54) is 0 Å². The highest BCUT2D eigenvalue weighted by Gasteiger charge is 2.21. The Bertz CT molecular complexity index is 769. The molecule has 2 aromatic rings. The topological polar surface area (TPSA) is 70.2 Å². The molecular formula is C19H22ClN3O2. The Morgan fingerprint density at radius 1 is 0.960 bits per heavy atom. The summed E-state index contributed by atoms with van der Waals surface area (Å²) >= 11 is 6.04. The molecule has 3 N–H and O–H groups in total. The molecule has 0 saturated carbocycles. The zero-order chi connectivity index (χ0) is 18.4. The van der Waals surface area contributed by atoms with E-state index in [1.54, 1.807) is 36.4 Å². The van der Waals surface area contributed by atoms with Crippen molar-refractivity contribution in [2.75, 3.05) is 22.5 Å². The molecule has 132 valence electrons. The molecule has 2 aromatic carbocycles. The number of benzene rings is 2. The second-order valence-corrected chi connectivity index (χ2v) is 7.07. The van der Waals surface area contributed by atoms with E-state index in [0.29, 0.717) is 22.1 Å². The number of para-hydroxylation sites is 1. The molecule has 0 heterocycles. The summed E-state index contributed by atoms with van der Waals surface area (Å²) in [6.07, 6.45) is 0. The molecule has 0 spiro atoms. The predicted molar refractivity (Wildman–Crippen MR) is 103 cm³/mol. The Kier molecular flexibility index (Phi) is 6.04. The lowest BCUT2D eigenvalue weighted by Crippen LogP contribution is -2.27. The highest BCUT2D eigenvalue weighted by Crippen LogP contribution is 2.21. The lowest BCUT2D eigenvalue weighted by atomic mass is 9.95. The van der Waals surface area contributed by atoms with E-state index in [2.05, 4.69) is 16.0 Å². The average molecular weight is 360 g/mol. The molecule has 2 rings (SSSR count). The molecular weight excluding hydrogens is 338 g/mol. The molecule has 0 atom stereocenters. The van der Waals surface area contributed by atoms with Crippen LogP contribution in [-0.2, 0) is 9.59 Å². The first kappa shape index (κ1) is 18.8. The first-order valence-electron chi connectivity index (χ1n) is 7.95. The molecule has 0 bridgehead atoms. The fourth-order valence-corrected chi connectivity index (χ4v) is 2.18. The van der Waals surface area contributed by atoms with Crippen molar-refractivity contribution in [2.45, 2.75) is 20.8 Å². The number of hydrogen-bond acceptors (Lipinski definition) is 3. The van der Waals surface area contributed by atoms with Gasteiger partial charge in [0.1, 0.15) is 0 Å². The summed E-state index contributed by atoms with van der Waals surface area (Å²) in [5, 5.41) is 9.17. The van der Waals surface area contributed by atoms with Crippen LogP contribution in [0, 0.1) is 5.41 Å². The van der Waals surface area contributed by atoms with E-state index < -0.39 is 5.41 Å². The van der Waals surface area contributed by atoms with E-state index in [9.17, 15) is 9.59 Å². The SMILES string of the molecule is CC(C)(C)C(=O)Nc1cccc(NC(=O)CNc2ccccc2Cl)c1. The van der Waals surface area contributed by atoms with Gasteiger partial charge in [-0.1, -0.05) is 50.6 Å². The Hall–Kier alpha value is -2.53. The van der Waals surface area contributed by atoms with Gasteiger partial charge in [0.05, 0.1) is 17.3 Å². The Morgan fingerprint density at radius 2 is 1.60 bits per heavy atom. The van der Waals surface area contributed by atoms with Gasteiger partial charge in [0.2, 0.25) is 11.8 Å². The van der Waals surface area contributed by atoms with Crippen LogP contribution in [0.2, 0.25) is 5.02 Å². The summed E-state index contributed by atoms with van der Waals surface area (Å²) in [5.41, 5.74) is 1.46. The summed E-state index contributed by atoms with van der Waals surface area (Å²) in [6.45, 7) is 5.61. The van der Waals surface area contributed by atoms with Gasteiger partial charge < -0.3 is 16.0 Å². The molecule has 0 aliphatic carbocycles. The van der Waals surface area contributed by atoms with Crippen molar-refractivity contribution in [3.05, 3.63) is 53.6 Å². The van der Waals surface area contributed by atoms with E-state index in [-0.39, 0.29) is 18.4 Å². The number of halogens is 1. The van der Waals surface area contributed by atoms with Crippen molar-refractivity contribution >= 4 is 40.5 Å². The lowest BCUT2D eigenvalue weighted by molar-refractivity contribution is -0.123. The molecule has 6 heteroatoms. The second-order valence-electron chi connectivity index (χ2n) is 6.67. The van der Waals surface area contributed by atoms with Gasteiger partial charge in [0, 0.05) is 16.8 Å². The minimum Gasteiger partial charge on any atom is -0.375 e. The number of nitrogens with one attached hydrogen (secondary N) is 3. The summed E-state index contributed by atoms with van der Waals surface area (Å²) in [7, 11) is 0. The number of carbonyl (C=O) groups excluding carboxylic acids is 2. The van der Waals surface area contributed by atoms with Crippen LogP contribution in [0.5, 0.6) is 0 Å². The maximum atomic E-state index is 12.1. The number of carbonyl (C=O) groups is 2. The minimum atomic E-state index is -0.488. The maximum absolute atomic E-state index is 12.1. The van der Waals surface area contributed by atoms with Crippen LogP contribution >= 0.6 is 11.6 Å². The van der Waals surface area contributed by atoms with Gasteiger partial charge in [-0.05, 0) is 30.3 Å². The van der Waals surface area contributed by atoms with E-state index in [4.69, 9.17) is 11.6 Å². The van der Waals surface area contributed by atoms with E-state index in [0.717, 1.165) is 0 Å². The minimum absolute atomic E-state index is 0.0856. The molecule has 0 aromatic heterocycles. The van der Waals surface area contributed by atoms with Crippen LogP contribution in [0.4, 0.5) is 17.1 Å². The van der Waals surface area contributed by atoms with Crippen molar-refractivity contribution in [1.82, 2.24) is 0 Å². The number of hydrogen-bond donors (Lipinski definition) is 3. The zero-order valence-corrected chi connectivity index (χ0v) is 15.3. The van der Waals surface area contributed by atoms with Crippen molar-refractivity contribution in [3.63, 3.8) is 0 Å². The monoisotopic (exact) mass is 359 g/mol. The molecule has 0 saturated heterocycles. The molecule has 2 amide bonds. The number of amides is 2. The van der Waals surface area contributed by atoms with Crippen molar-refractivity contribution in [2.24, 2.45) is 5.41 Å². The van der Waals surface area contributed by atoms with E-state index >= 15 is 0 Å². The Labute approximate surface area is 152 Å². The van der Waals surface area contributed by atoms with Crippen molar-refractivity contribution in [1.29, 1.82) is 0 Å². The van der Waals surface area contributed by atoms with Gasteiger partial charge in [0.25, 0.3) is 0 Å². The van der Waals surface area contributed by atoms with Crippen LogP contribution in [0.15, 0.2) is 48.5 Å². The van der Waals surface area contributed by atoms with Gasteiger partial charge in [-0.3, -0.25) is 9.59 Å². The quantitative estimate of drug-likeness (QED) is 0.742. The maximum Gasteiger partial charge on any atom is 0.243 e. The summed E-state index contributed by atoms with van der Waals surface area (Å²) in [4.78, 5) is 24.1. The zero-order valence-electron chi connectivity index (χ0n) is 14.5. The van der Waals surface area contributed by atoms with Crippen LogP contribution in [0.3, 0.4) is 0 Å². The van der Waals surface area contributed by atoms with E-state index in [1.807, 2.05) is 32.9 Å². The fraction of sp³-hybridized carbons (Fsp3) is 0.263. The Morgan fingerprint density at radius 3 is 2.24 bits per heavy atom. The largest absolute Gasteiger partial charge is 0.375 e. The summed E-state index contributed by atoms with van der Waals surface area (Å²) < 4.78 is 0. The van der Waals surface area contributed by atoms with Gasteiger partial charge in [0.15, 0.2) is 0 Å². The molecule has 25 heavy (non-hydrogen) atoms. The molecule has 0 aliphatic heterocycles. The first-order valence-corrected chi connectivity index (χ1v) is 8.33. The smallest absolute Gasteiger partial charge is 0.243 e. The third-order valence-electron chi connectivity index (χ3n) is 3.40.